The molecule has 0 bridgehead atoms. The van der Waals surface area contributed by atoms with Gasteiger partial charge in [-0.15, -0.1) is 11.3 Å². The fraction of sp³-hybridized carbons (Fsp3) is 0.357. The van der Waals surface area contributed by atoms with Crippen LogP contribution in [0.25, 0.3) is 0 Å². The number of furan rings is 1. The van der Waals surface area contributed by atoms with Crippen LogP contribution in [0.1, 0.15) is 37.2 Å². The van der Waals surface area contributed by atoms with Crippen molar-refractivity contribution in [3.63, 3.8) is 0 Å². The Balaban J connectivity index is 1.97. The number of hydrogen-bond donors (Lipinski definition) is 0. The van der Waals surface area contributed by atoms with E-state index in [0.717, 1.165) is 28.6 Å². The van der Waals surface area contributed by atoms with E-state index >= 15 is 0 Å². The molecule has 0 fully saturated rings. The summed E-state index contributed by atoms with van der Waals surface area (Å²) in [6.45, 7) is 3.73. The second-order valence-electron chi connectivity index (χ2n) is 4.52. The fourth-order valence-corrected chi connectivity index (χ4v) is 4.57. The van der Waals surface area contributed by atoms with Gasteiger partial charge in [-0.1, -0.05) is 0 Å². The molecule has 0 unspecified atom stereocenters. The van der Waals surface area contributed by atoms with Crippen LogP contribution in [0.4, 0.5) is 0 Å². The van der Waals surface area contributed by atoms with E-state index in [9.17, 15) is 4.79 Å². The zero-order valence-electron chi connectivity index (χ0n) is 10.4. The first-order chi connectivity index (χ1) is 8.65. The minimum Gasteiger partial charge on any atom is -0.466 e. The Morgan fingerprint density at radius 1 is 1.33 bits per heavy atom. The van der Waals surface area contributed by atoms with Crippen LogP contribution in [-0.4, -0.2) is 11.5 Å². The number of rotatable bonds is 2. The Kier molecular flexibility index (Phi) is 3.08. The van der Waals surface area contributed by atoms with Crippen molar-refractivity contribution in [1.82, 2.24) is 0 Å². The van der Waals surface area contributed by atoms with Crippen molar-refractivity contribution in [2.75, 3.05) is 5.75 Å². The van der Waals surface area contributed by atoms with Gasteiger partial charge in [-0.05, 0) is 43.7 Å². The van der Waals surface area contributed by atoms with E-state index in [1.165, 1.54) is 16.2 Å². The topological polar surface area (TPSA) is 30.2 Å². The van der Waals surface area contributed by atoms with Crippen LogP contribution in [0.3, 0.4) is 0 Å². The van der Waals surface area contributed by atoms with E-state index in [4.69, 9.17) is 4.42 Å². The molecule has 3 rings (SSSR count). The van der Waals surface area contributed by atoms with Gasteiger partial charge in [0.05, 0.1) is 10.4 Å². The molecule has 0 N–H and O–H groups in total. The SMILES string of the molecule is Cc1cc(C(=O)c2cc3c(s2)CCSC3)c(C)o1. The van der Waals surface area contributed by atoms with E-state index in [2.05, 4.69) is 6.07 Å². The molecule has 94 valence electrons. The van der Waals surface area contributed by atoms with E-state index in [1.54, 1.807) is 11.3 Å². The number of carbonyl (C=O) groups excluding carboxylic acids is 1. The van der Waals surface area contributed by atoms with E-state index in [1.807, 2.05) is 31.7 Å². The molecule has 0 amide bonds. The van der Waals surface area contributed by atoms with Gasteiger partial charge in [0, 0.05) is 10.6 Å². The minimum absolute atomic E-state index is 0.105. The summed E-state index contributed by atoms with van der Waals surface area (Å²) in [6.07, 6.45) is 1.10. The van der Waals surface area contributed by atoms with Crippen molar-refractivity contribution in [2.45, 2.75) is 26.0 Å². The molecule has 0 aliphatic carbocycles. The smallest absolute Gasteiger partial charge is 0.206 e. The normalized spacial score (nSPS) is 14.6. The highest BCUT2D eigenvalue weighted by molar-refractivity contribution is 7.98. The molecule has 0 radical (unpaired) electrons. The van der Waals surface area contributed by atoms with Crippen LogP contribution in [0.2, 0.25) is 0 Å². The van der Waals surface area contributed by atoms with Crippen molar-refractivity contribution in [3.05, 3.63) is 44.5 Å². The lowest BCUT2D eigenvalue weighted by atomic mass is 10.1. The Morgan fingerprint density at radius 2 is 2.17 bits per heavy atom. The lowest BCUT2D eigenvalue weighted by Gasteiger charge is -2.08. The molecule has 2 aromatic heterocycles. The third-order valence-electron chi connectivity index (χ3n) is 3.14. The summed E-state index contributed by atoms with van der Waals surface area (Å²) in [5.41, 5.74) is 2.05. The number of ketones is 1. The van der Waals surface area contributed by atoms with Gasteiger partial charge in [0.1, 0.15) is 11.5 Å². The van der Waals surface area contributed by atoms with Crippen LogP contribution in [0.15, 0.2) is 16.5 Å². The summed E-state index contributed by atoms with van der Waals surface area (Å²) in [6, 6.07) is 3.90. The van der Waals surface area contributed by atoms with Gasteiger partial charge in [-0.25, -0.2) is 0 Å². The van der Waals surface area contributed by atoms with Crippen LogP contribution in [0.5, 0.6) is 0 Å². The maximum Gasteiger partial charge on any atom is 0.206 e. The molecule has 0 saturated heterocycles. The molecule has 3 heterocycles. The maximum absolute atomic E-state index is 12.4. The van der Waals surface area contributed by atoms with Gasteiger partial charge in [0.15, 0.2) is 0 Å². The van der Waals surface area contributed by atoms with Crippen LogP contribution in [0, 0.1) is 13.8 Å². The summed E-state index contributed by atoms with van der Waals surface area (Å²) in [4.78, 5) is 14.7. The average Bonchev–Trinajstić information content (AvgIpc) is 2.91. The number of thiophene rings is 1. The first-order valence-corrected chi connectivity index (χ1v) is 7.93. The van der Waals surface area contributed by atoms with Crippen molar-refractivity contribution in [3.8, 4) is 0 Å². The summed E-state index contributed by atoms with van der Waals surface area (Å²) in [5.74, 6) is 3.84. The fourth-order valence-electron chi connectivity index (χ4n) is 2.25. The molecule has 0 aromatic carbocycles. The van der Waals surface area contributed by atoms with Crippen LogP contribution in [-0.2, 0) is 12.2 Å². The van der Waals surface area contributed by atoms with E-state index in [0.29, 0.717) is 5.56 Å². The maximum atomic E-state index is 12.4. The Morgan fingerprint density at radius 3 is 2.83 bits per heavy atom. The highest BCUT2D eigenvalue weighted by atomic mass is 32.2. The van der Waals surface area contributed by atoms with Gasteiger partial charge in [0.2, 0.25) is 5.78 Å². The number of thioether (sulfide) groups is 1. The monoisotopic (exact) mass is 278 g/mol. The Labute approximate surface area is 114 Å². The number of hydrogen-bond acceptors (Lipinski definition) is 4. The number of carbonyl (C=O) groups is 1. The van der Waals surface area contributed by atoms with Crippen molar-refractivity contribution in [2.24, 2.45) is 0 Å². The predicted molar refractivity (Wildman–Crippen MR) is 75.8 cm³/mol. The van der Waals surface area contributed by atoms with Gasteiger partial charge in [-0.2, -0.15) is 11.8 Å². The standard InChI is InChI=1S/C14H14O2S2/c1-8-5-11(9(2)16-8)14(15)13-6-10-7-17-4-3-12(10)18-13/h5-6H,3-4,7H2,1-2H3. The third kappa shape index (κ3) is 2.04. The van der Waals surface area contributed by atoms with Crippen molar-refractivity contribution >= 4 is 28.9 Å². The molecule has 4 heteroatoms. The van der Waals surface area contributed by atoms with Crippen molar-refractivity contribution < 1.29 is 9.21 Å². The second-order valence-corrected chi connectivity index (χ2v) is 6.76. The summed E-state index contributed by atoms with van der Waals surface area (Å²) < 4.78 is 5.44. The minimum atomic E-state index is 0.105. The quantitative estimate of drug-likeness (QED) is 0.778. The molecular weight excluding hydrogens is 264 g/mol. The molecule has 0 atom stereocenters. The van der Waals surface area contributed by atoms with Gasteiger partial charge in [-0.3, -0.25) is 4.79 Å². The predicted octanol–water partition coefficient (Wildman–Crippen LogP) is 3.98. The van der Waals surface area contributed by atoms with Gasteiger partial charge >= 0.3 is 0 Å². The first-order valence-electron chi connectivity index (χ1n) is 5.96. The van der Waals surface area contributed by atoms with Gasteiger partial charge < -0.3 is 4.42 Å². The summed E-state index contributed by atoms with van der Waals surface area (Å²) in [7, 11) is 0. The Hall–Kier alpha value is -1.000. The van der Waals surface area contributed by atoms with Gasteiger partial charge in [0.25, 0.3) is 0 Å². The molecule has 2 nitrogen and oxygen atoms in total. The molecule has 1 aliphatic rings. The number of fused-ring (bicyclic) bond motifs is 1. The highest BCUT2D eigenvalue weighted by Gasteiger charge is 2.21. The van der Waals surface area contributed by atoms with Crippen molar-refractivity contribution in [1.29, 1.82) is 0 Å². The van der Waals surface area contributed by atoms with E-state index in [-0.39, 0.29) is 5.78 Å². The average molecular weight is 278 g/mol. The van der Waals surface area contributed by atoms with Crippen LogP contribution >= 0.6 is 23.1 Å². The lowest BCUT2D eigenvalue weighted by Crippen LogP contribution is -1.98. The Bertz CT molecular complexity index is 584. The summed E-state index contributed by atoms with van der Waals surface area (Å²) >= 11 is 3.59. The molecule has 18 heavy (non-hydrogen) atoms. The second kappa shape index (κ2) is 4.59. The number of aryl methyl sites for hydroxylation is 3. The largest absolute Gasteiger partial charge is 0.466 e. The third-order valence-corrected chi connectivity index (χ3v) is 5.38. The lowest BCUT2D eigenvalue weighted by molar-refractivity contribution is 0.104. The van der Waals surface area contributed by atoms with Crippen LogP contribution < -0.4 is 0 Å². The zero-order chi connectivity index (χ0) is 12.7. The molecule has 1 aliphatic heterocycles. The zero-order valence-corrected chi connectivity index (χ0v) is 12.0. The summed E-state index contributed by atoms with van der Waals surface area (Å²) in [5, 5.41) is 0. The molecule has 2 aromatic rings. The van der Waals surface area contributed by atoms with E-state index < -0.39 is 0 Å². The molecular formula is C14H14O2S2. The first kappa shape index (κ1) is 12.1. The molecule has 0 spiro atoms. The molecule has 0 saturated carbocycles. The highest BCUT2D eigenvalue weighted by Crippen LogP contribution is 2.33.